The van der Waals surface area contributed by atoms with E-state index in [0.29, 0.717) is 25.8 Å². The first-order valence-electron chi connectivity index (χ1n) is 16.2. The van der Waals surface area contributed by atoms with Gasteiger partial charge in [-0.05, 0) is 57.9 Å². The fourth-order valence-corrected chi connectivity index (χ4v) is 8.96. The Balaban J connectivity index is 0.000000854. The van der Waals surface area contributed by atoms with Crippen LogP contribution in [0.2, 0.25) is 0 Å². The molecule has 5 fully saturated rings. The summed E-state index contributed by atoms with van der Waals surface area (Å²) in [6.45, 7) is 9.37. The molecule has 1 amide bonds. The molecule has 12 atom stereocenters. The zero-order valence-electron chi connectivity index (χ0n) is 26.2. The SMILES string of the molecule is C=CC(C)=O.CCCC1NN(C2CCC(C(F)(F)F)NC2N)C2CCN(C(=O)C3CCC(Br)C4NC(C(F)F)NC34)C(CC)C12. The van der Waals surface area contributed by atoms with Gasteiger partial charge in [-0.25, -0.2) is 13.8 Å². The molecule has 0 radical (unpaired) electrons. The van der Waals surface area contributed by atoms with E-state index >= 15 is 0 Å². The third kappa shape index (κ3) is 7.92. The lowest BCUT2D eigenvalue weighted by atomic mass is 9.76. The molecular weight excluding hydrogens is 665 g/mol. The smallest absolute Gasteiger partial charge is 0.339 e. The molecule has 0 aromatic rings. The van der Waals surface area contributed by atoms with Gasteiger partial charge < -0.3 is 10.6 Å². The van der Waals surface area contributed by atoms with Crippen LogP contribution in [0.15, 0.2) is 12.7 Å². The van der Waals surface area contributed by atoms with Gasteiger partial charge in [-0.15, -0.1) is 0 Å². The number of piperidine rings is 2. The van der Waals surface area contributed by atoms with E-state index < -0.39 is 36.9 Å². The molecular formula is C30H49BrF5N7O2. The monoisotopic (exact) mass is 713 g/mol. The third-order valence-corrected chi connectivity index (χ3v) is 11.3. The zero-order valence-corrected chi connectivity index (χ0v) is 27.8. The Hall–Kier alpha value is -1.23. The molecule has 6 N–H and O–H groups in total. The number of ketones is 1. The highest BCUT2D eigenvalue weighted by Gasteiger charge is 2.56. The molecule has 4 aliphatic heterocycles. The summed E-state index contributed by atoms with van der Waals surface area (Å²) in [5, 5.41) is 10.7. The van der Waals surface area contributed by atoms with Crippen LogP contribution in [0.1, 0.15) is 72.1 Å². The predicted octanol–water partition coefficient (Wildman–Crippen LogP) is 3.39. The molecule has 5 rings (SSSR count). The largest absolute Gasteiger partial charge is 0.403 e. The Labute approximate surface area is 271 Å². The summed E-state index contributed by atoms with van der Waals surface area (Å²) >= 11 is 3.63. The number of alkyl halides is 6. The van der Waals surface area contributed by atoms with Crippen LogP contribution in [0.3, 0.4) is 0 Å². The van der Waals surface area contributed by atoms with Crippen molar-refractivity contribution in [2.75, 3.05) is 6.54 Å². The van der Waals surface area contributed by atoms with E-state index in [1.54, 1.807) is 0 Å². The number of halogens is 6. The second-order valence-electron chi connectivity index (χ2n) is 13.0. The van der Waals surface area contributed by atoms with E-state index in [9.17, 15) is 31.5 Å². The van der Waals surface area contributed by atoms with Crippen molar-refractivity contribution in [3.63, 3.8) is 0 Å². The Bertz CT molecular complexity index is 1040. The lowest BCUT2D eigenvalue weighted by Crippen LogP contribution is -2.67. The van der Waals surface area contributed by atoms with Gasteiger partial charge in [0.2, 0.25) is 5.91 Å². The summed E-state index contributed by atoms with van der Waals surface area (Å²) in [6, 6.07) is -2.46. The Morgan fingerprint density at radius 3 is 2.27 bits per heavy atom. The van der Waals surface area contributed by atoms with E-state index in [0.717, 1.165) is 25.7 Å². The fraction of sp³-hybridized carbons (Fsp3) is 0.867. The zero-order chi connectivity index (χ0) is 33.2. The highest BCUT2D eigenvalue weighted by atomic mass is 79.9. The van der Waals surface area contributed by atoms with Gasteiger partial charge >= 0.3 is 6.18 Å². The minimum Gasteiger partial charge on any atom is -0.339 e. The molecule has 45 heavy (non-hydrogen) atoms. The highest BCUT2D eigenvalue weighted by Crippen LogP contribution is 2.42. The summed E-state index contributed by atoms with van der Waals surface area (Å²) in [5.74, 6) is -0.264. The van der Waals surface area contributed by atoms with Crippen molar-refractivity contribution in [3.8, 4) is 0 Å². The summed E-state index contributed by atoms with van der Waals surface area (Å²) in [4.78, 5) is 25.8. The first-order chi connectivity index (χ1) is 21.2. The number of hydrogen-bond acceptors (Lipinski definition) is 8. The maximum absolute atomic E-state index is 14.2. The molecule has 1 aliphatic carbocycles. The van der Waals surface area contributed by atoms with Crippen molar-refractivity contribution in [3.05, 3.63) is 12.7 Å². The lowest BCUT2D eigenvalue weighted by molar-refractivity contribution is -0.168. The van der Waals surface area contributed by atoms with E-state index in [2.05, 4.69) is 62.7 Å². The van der Waals surface area contributed by atoms with Crippen LogP contribution in [0.4, 0.5) is 22.0 Å². The van der Waals surface area contributed by atoms with Gasteiger partial charge in [0.15, 0.2) is 5.78 Å². The summed E-state index contributed by atoms with van der Waals surface area (Å²) in [6.07, 6.45) is -2.74. The van der Waals surface area contributed by atoms with Crippen molar-refractivity contribution in [1.82, 2.24) is 31.3 Å². The normalized spacial score (nSPS) is 40.4. The Morgan fingerprint density at radius 1 is 1.04 bits per heavy atom. The lowest BCUT2D eigenvalue weighted by Gasteiger charge is -2.49. The second-order valence-corrected chi connectivity index (χ2v) is 14.2. The molecule has 4 saturated heterocycles. The maximum atomic E-state index is 14.2. The Kier molecular flexibility index (Phi) is 12.5. The van der Waals surface area contributed by atoms with Gasteiger partial charge in [0.1, 0.15) is 12.2 Å². The van der Waals surface area contributed by atoms with Crippen LogP contribution in [0, 0.1) is 11.8 Å². The van der Waals surface area contributed by atoms with Gasteiger partial charge in [0, 0.05) is 47.5 Å². The number of hydrazine groups is 1. The molecule has 12 unspecified atom stereocenters. The molecule has 0 spiro atoms. The number of fused-ring (bicyclic) bond motifs is 2. The van der Waals surface area contributed by atoms with Crippen LogP contribution < -0.4 is 27.1 Å². The topological polar surface area (TPSA) is 115 Å². The van der Waals surface area contributed by atoms with Crippen molar-refractivity contribution < 1.29 is 31.5 Å². The first kappa shape index (κ1) is 36.6. The minimum absolute atomic E-state index is 0.0114. The molecule has 5 aliphatic rings. The molecule has 15 heteroatoms. The quantitative estimate of drug-likeness (QED) is 0.155. The van der Waals surface area contributed by atoms with Crippen LogP contribution in [-0.4, -0.2) is 100 Å². The van der Waals surface area contributed by atoms with Gasteiger partial charge in [-0.2, -0.15) is 13.2 Å². The van der Waals surface area contributed by atoms with Crippen LogP contribution >= 0.6 is 15.9 Å². The molecule has 258 valence electrons. The van der Waals surface area contributed by atoms with Crippen molar-refractivity contribution in [2.45, 2.75) is 144 Å². The molecule has 0 aromatic carbocycles. The number of allylic oxidation sites excluding steroid dienone is 1. The summed E-state index contributed by atoms with van der Waals surface area (Å²) < 4.78 is 67.1. The number of nitrogens with two attached hydrogens (primary N) is 1. The van der Waals surface area contributed by atoms with E-state index in [-0.39, 0.29) is 65.1 Å². The maximum Gasteiger partial charge on any atom is 0.403 e. The standard InChI is InChI=1S/C26H43BrF5N7O.C4H6O/c1-3-5-14-19-15(4-2)38(25(40)12-6-7-13(27)21-20(12)35-24(36-21)22(28)29)11-10-16(19)39(37-14)17-8-9-18(26(30,31)32)34-23(17)33;1-3-4(2)5/h12-24,34-37H,3-11,33H2,1-2H3;3H,1H2,2H3. The molecule has 0 bridgehead atoms. The molecule has 4 heterocycles. The minimum atomic E-state index is -4.33. The van der Waals surface area contributed by atoms with Crippen molar-refractivity contribution in [2.24, 2.45) is 17.6 Å². The first-order valence-corrected chi connectivity index (χ1v) is 17.2. The molecule has 1 saturated carbocycles. The molecule has 0 aromatic heterocycles. The Morgan fingerprint density at radius 2 is 1.71 bits per heavy atom. The van der Waals surface area contributed by atoms with E-state index in [1.165, 1.54) is 13.0 Å². The number of carbonyl (C=O) groups is 2. The average molecular weight is 715 g/mol. The van der Waals surface area contributed by atoms with E-state index in [4.69, 9.17) is 5.73 Å². The van der Waals surface area contributed by atoms with Gasteiger partial charge in [-0.3, -0.25) is 31.0 Å². The van der Waals surface area contributed by atoms with Gasteiger partial charge in [0.25, 0.3) is 6.43 Å². The van der Waals surface area contributed by atoms with Gasteiger partial charge in [0.05, 0.1) is 18.1 Å². The number of hydrogen-bond donors (Lipinski definition) is 5. The number of nitrogens with zero attached hydrogens (tertiary/aromatic N) is 2. The predicted molar refractivity (Wildman–Crippen MR) is 165 cm³/mol. The van der Waals surface area contributed by atoms with Gasteiger partial charge in [-0.1, -0.05) is 42.8 Å². The van der Waals surface area contributed by atoms with Crippen molar-refractivity contribution in [1.29, 1.82) is 0 Å². The van der Waals surface area contributed by atoms with Crippen molar-refractivity contribution >= 4 is 27.6 Å². The van der Waals surface area contributed by atoms with Crippen LogP contribution in [0.5, 0.6) is 0 Å². The fourth-order valence-electron chi connectivity index (χ4n) is 8.22. The molecule has 9 nitrogen and oxygen atoms in total. The van der Waals surface area contributed by atoms with Crippen LogP contribution in [-0.2, 0) is 9.59 Å². The number of likely N-dealkylation sites (tertiary alicyclic amines) is 1. The highest BCUT2D eigenvalue weighted by molar-refractivity contribution is 9.09. The summed E-state index contributed by atoms with van der Waals surface area (Å²) in [5.41, 5.74) is 9.93. The number of rotatable bonds is 7. The number of nitrogens with one attached hydrogen (secondary N) is 4. The van der Waals surface area contributed by atoms with E-state index in [1.807, 2.05) is 4.90 Å². The number of amides is 1. The second kappa shape index (κ2) is 15.3. The van der Waals surface area contributed by atoms with Crippen LogP contribution in [0.25, 0.3) is 0 Å². The third-order valence-electron chi connectivity index (χ3n) is 10.3. The number of carbonyl (C=O) groups excluding carboxylic acids is 2. The average Bonchev–Trinajstić information content (AvgIpc) is 3.60. The summed E-state index contributed by atoms with van der Waals surface area (Å²) in [7, 11) is 0.